The molecule has 0 saturated carbocycles. The van der Waals surface area contributed by atoms with Crippen LogP contribution in [-0.4, -0.2) is 22.0 Å². The Bertz CT molecular complexity index is 817. The second kappa shape index (κ2) is 6.75. The molecule has 5 nitrogen and oxygen atoms in total. The van der Waals surface area contributed by atoms with Crippen molar-refractivity contribution in [3.05, 3.63) is 53.2 Å². The third-order valence-electron chi connectivity index (χ3n) is 3.61. The Morgan fingerprint density at radius 2 is 2.09 bits per heavy atom. The van der Waals surface area contributed by atoms with Gasteiger partial charge in [0.05, 0.1) is 17.4 Å². The lowest BCUT2D eigenvalue weighted by atomic mass is 10.1. The first-order chi connectivity index (χ1) is 11.2. The molecule has 0 saturated heterocycles. The number of carbonyl (C=O) groups is 1. The first-order valence-corrected chi connectivity index (χ1v) is 8.23. The van der Waals surface area contributed by atoms with Crippen LogP contribution >= 0.6 is 11.3 Å². The quantitative estimate of drug-likeness (QED) is 0.750. The van der Waals surface area contributed by atoms with Crippen LogP contribution in [0.1, 0.15) is 17.4 Å². The molecule has 0 unspecified atom stereocenters. The van der Waals surface area contributed by atoms with Crippen molar-refractivity contribution in [2.45, 2.75) is 25.8 Å². The fourth-order valence-electron chi connectivity index (χ4n) is 2.40. The SMILES string of the molecule is CCc1cc2c(N[C@H](Cc3ccccc3)C(=O)[O-])ncnc2s1. The summed E-state index contributed by atoms with van der Waals surface area (Å²) in [7, 11) is 0. The normalized spacial score (nSPS) is 12.2. The van der Waals surface area contributed by atoms with Crippen molar-refractivity contribution in [2.75, 3.05) is 5.32 Å². The van der Waals surface area contributed by atoms with Crippen molar-refractivity contribution in [2.24, 2.45) is 0 Å². The Morgan fingerprint density at radius 1 is 1.30 bits per heavy atom. The Hall–Kier alpha value is -2.47. The minimum Gasteiger partial charge on any atom is -0.548 e. The van der Waals surface area contributed by atoms with E-state index in [9.17, 15) is 9.90 Å². The van der Waals surface area contributed by atoms with Crippen molar-refractivity contribution >= 4 is 33.3 Å². The van der Waals surface area contributed by atoms with Crippen LogP contribution in [0.25, 0.3) is 10.2 Å². The van der Waals surface area contributed by atoms with Gasteiger partial charge < -0.3 is 15.2 Å². The van der Waals surface area contributed by atoms with Crippen molar-refractivity contribution in [3.8, 4) is 0 Å². The highest BCUT2D eigenvalue weighted by Gasteiger charge is 2.15. The number of thiophene rings is 1. The Labute approximate surface area is 138 Å². The molecule has 2 aromatic heterocycles. The summed E-state index contributed by atoms with van der Waals surface area (Å²) in [5.41, 5.74) is 0.930. The average molecular weight is 326 g/mol. The highest BCUT2D eigenvalue weighted by Crippen LogP contribution is 2.28. The van der Waals surface area contributed by atoms with E-state index in [1.54, 1.807) is 11.3 Å². The topological polar surface area (TPSA) is 77.9 Å². The standard InChI is InChI=1S/C17H17N3O2S/c1-2-12-9-13-15(18-10-19-16(13)23-12)20-14(17(21)22)8-11-6-4-3-5-7-11/h3-7,9-10,14H,2,8H2,1H3,(H,21,22)(H,18,19,20)/p-1/t14-/m1/s1. The van der Waals surface area contributed by atoms with Gasteiger partial charge in [-0.25, -0.2) is 9.97 Å². The molecule has 3 rings (SSSR count). The van der Waals surface area contributed by atoms with E-state index >= 15 is 0 Å². The maximum absolute atomic E-state index is 11.5. The number of aliphatic carboxylic acids is 1. The number of carboxylic acids is 1. The number of anilines is 1. The molecule has 1 N–H and O–H groups in total. The summed E-state index contributed by atoms with van der Waals surface area (Å²) in [4.78, 5) is 22.0. The summed E-state index contributed by atoms with van der Waals surface area (Å²) >= 11 is 1.60. The number of aromatic nitrogens is 2. The fraction of sp³-hybridized carbons (Fsp3) is 0.235. The molecule has 0 aliphatic heterocycles. The zero-order valence-corrected chi connectivity index (χ0v) is 13.5. The molecule has 6 heteroatoms. The van der Waals surface area contributed by atoms with Gasteiger partial charge >= 0.3 is 0 Å². The molecular formula is C17H16N3O2S-. The molecule has 0 radical (unpaired) electrons. The molecule has 1 aromatic carbocycles. The number of benzene rings is 1. The van der Waals surface area contributed by atoms with E-state index in [0.29, 0.717) is 12.2 Å². The fourth-order valence-corrected chi connectivity index (χ4v) is 3.34. The summed E-state index contributed by atoms with van der Waals surface area (Å²) in [6.07, 6.45) is 2.70. The third-order valence-corrected chi connectivity index (χ3v) is 4.79. The zero-order chi connectivity index (χ0) is 16.2. The van der Waals surface area contributed by atoms with Gasteiger partial charge in [-0.15, -0.1) is 11.3 Å². The lowest BCUT2D eigenvalue weighted by Crippen LogP contribution is -2.42. The monoisotopic (exact) mass is 326 g/mol. The number of hydrogen-bond donors (Lipinski definition) is 1. The number of nitrogens with zero attached hydrogens (tertiary/aromatic N) is 2. The van der Waals surface area contributed by atoms with Gasteiger partial charge in [-0.05, 0) is 24.5 Å². The molecule has 3 aromatic rings. The summed E-state index contributed by atoms with van der Waals surface area (Å²) in [5, 5.41) is 15.3. The molecule has 2 heterocycles. The lowest BCUT2D eigenvalue weighted by molar-refractivity contribution is -0.306. The summed E-state index contributed by atoms with van der Waals surface area (Å²) in [6.45, 7) is 2.07. The van der Waals surface area contributed by atoms with Crippen molar-refractivity contribution in [3.63, 3.8) is 0 Å². The molecule has 118 valence electrons. The van der Waals surface area contributed by atoms with Crippen LogP contribution in [0, 0.1) is 0 Å². The van der Waals surface area contributed by atoms with Gasteiger partial charge in [0, 0.05) is 4.88 Å². The molecule has 0 bridgehead atoms. The number of rotatable bonds is 6. The van der Waals surface area contributed by atoms with E-state index in [4.69, 9.17) is 0 Å². The largest absolute Gasteiger partial charge is 0.548 e. The van der Waals surface area contributed by atoms with Crippen molar-refractivity contribution < 1.29 is 9.90 Å². The van der Waals surface area contributed by atoms with Crippen LogP contribution in [0.5, 0.6) is 0 Å². The number of carboxylic acid groups (broad SMARTS) is 1. The summed E-state index contributed by atoms with van der Waals surface area (Å²) < 4.78 is 0. The Morgan fingerprint density at radius 3 is 2.78 bits per heavy atom. The molecule has 0 aliphatic rings. The number of aryl methyl sites for hydroxylation is 1. The van der Waals surface area contributed by atoms with E-state index < -0.39 is 12.0 Å². The number of hydrogen-bond acceptors (Lipinski definition) is 6. The Balaban J connectivity index is 1.88. The van der Waals surface area contributed by atoms with Gasteiger partial charge in [0.15, 0.2) is 0 Å². The van der Waals surface area contributed by atoms with Crippen molar-refractivity contribution in [1.82, 2.24) is 9.97 Å². The van der Waals surface area contributed by atoms with Crippen molar-refractivity contribution in [1.29, 1.82) is 0 Å². The summed E-state index contributed by atoms with van der Waals surface area (Å²) in [5.74, 6) is -0.609. The smallest absolute Gasteiger partial charge is 0.138 e. The van der Waals surface area contributed by atoms with Crippen LogP contribution in [-0.2, 0) is 17.6 Å². The molecule has 23 heavy (non-hydrogen) atoms. The molecule has 0 spiro atoms. The van der Waals surface area contributed by atoms with Crippen LogP contribution in [0.3, 0.4) is 0 Å². The first kappa shape index (κ1) is 15.4. The van der Waals surface area contributed by atoms with Crippen LogP contribution in [0.15, 0.2) is 42.7 Å². The third kappa shape index (κ3) is 3.48. The minimum atomic E-state index is -1.15. The predicted octanol–water partition coefficient (Wildman–Crippen LogP) is 2.03. The van der Waals surface area contributed by atoms with E-state index in [1.165, 1.54) is 11.2 Å². The van der Waals surface area contributed by atoms with Gasteiger partial charge in [-0.2, -0.15) is 0 Å². The van der Waals surface area contributed by atoms with E-state index in [1.807, 2.05) is 36.4 Å². The molecule has 0 amide bonds. The maximum Gasteiger partial charge on any atom is 0.138 e. The minimum absolute atomic E-state index is 0.333. The van der Waals surface area contributed by atoms with E-state index in [-0.39, 0.29) is 0 Å². The van der Waals surface area contributed by atoms with Gasteiger partial charge in [0.2, 0.25) is 0 Å². The summed E-state index contributed by atoms with van der Waals surface area (Å²) in [6, 6.07) is 10.6. The van der Waals surface area contributed by atoms with Gasteiger partial charge in [-0.3, -0.25) is 0 Å². The average Bonchev–Trinajstić information content (AvgIpc) is 2.99. The number of nitrogens with one attached hydrogen (secondary N) is 1. The molecule has 1 atom stereocenters. The molecular weight excluding hydrogens is 310 g/mol. The predicted molar refractivity (Wildman–Crippen MR) is 89.4 cm³/mol. The zero-order valence-electron chi connectivity index (χ0n) is 12.7. The van der Waals surface area contributed by atoms with Crippen LogP contribution in [0.4, 0.5) is 5.82 Å². The van der Waals surface area contributed by atoms with E-state index in [2.05, 4.69) is 22.2 Å². The van der Waals surface area contributed by atoms with Gasteiger partial charge in [0.25, 0.3) is 0 Å². The highest BCUT2D eigenvalue weighted by atomic mass is 32.1. The van der Waals surface area contributed by atoms with Gasteiger partial charge in [0.1, 0.15) is 17.0 Å². The maximum atomic E-state index is 11.5. The molecule has 0 fully saturated rings. The highest BCUT2D eigenvalue weighted by molar-refractivity contribution is 7.18. The second-order valence-corrected chi connectivity index (χ2v) is 6.33. The van der Waals surface area contributed by atoms with Gasteiger partial charge in [-0.1, -0.05) is 37.3 Å². The first-order valence-electron chi connectivity index (χ1n) is 7.42. The second-order valence-electron chi connectivity index (χ2n) is 5.21. The molecule has 0 aliphatic carbocycles. The number of fused-ring (bicyclic) bond motifs is 1. The van der Waals surface area contributed by atoms with E-state index in [0.717, 1.165) is 22.2 Å². The van der Waals surface area contributed by atoms with Crippen LogP contribution in [0.2, 0.25) is 0 Å². The van der Waals surface area contributed by atoms with Crippen LogP contribution < -0.4 is 10.4 Å². The Kier molecular flexibility index (Phi) is 4.52. The number of carbonyl (C=O) groups excluding carboxylic acids is 1. The lowest BCUT2D eigenvalue weighted by Gasteiger charge is -2.20.